The van der Waals surface area contributed by atoms with E-state index in [1.807, 2.05) is 13.0 Å². The van der Waals surface area contributed by atoms with Gasteiger partial charge in [0.25, 0.3) is 10.0 Å². The maximum atomic E-state index is 12.8. The van der Waals surface area contributed by atoms with Crippen LogP contribution in [0, 0.1) is 6.92 Å². The summed E-state index contributed by atoms with van der Waals surface area (Å²) in [5, 5.41) is 7.05. The third-order valence-electron chi connectivity index (χ3n) is 4.62. The molecule has 0 bridgehead atoms. The fraction of sp³-hybridized carbons (Fsp3) is 0.227. The molecule has 0 saturated heterocycles. The van der Waals surface area contributed by atoms with Gasteiger partial charge in [0.2, 0.25) is 5.91 Å². The van der Waals surface area contributed by atoms with Gasteiger partial charge in [0, 0.05) is 25.7 Å². The number of hydrogen-bond acceptors (Lipinski definition) is 6. The molecular weight excluding hydrogens is 468 g/mol. The highest BCUT2D eigenvalue weighted by molar-refractivity contribution is 7.92. The van der Waals surface area contributed by atoms with Crippen LogP contribution in [-0.2, 0) is 32.6 Å². The van der Waals surface area contributed by atoms with E-state index in [0.717, 1.165) is 5.69 Å². The van der Waals surface area contributed by atoms with Crippen molar-refractivity contribution in [2.75, 3.05) is 11.8 Å². The molecule has 11 heteroatoms. The average molecular weight is 491 g/mol. The van der Waals surface area contributed by atoms with Crippen molar-refractivity contribution >= 4 is 39.2 Å². The number of aryl methyl sites for hydroxylation is 2. The summed E-state index contributed by atoms with van der Waals surface area (Å²) in [7, 11) is -2.79. The highest BCUT2D eigenvalue weighted by Crippen LogP contribution is 2.25. The van der Waals surface area contributed by atoms with E-state index in [-0.39, 0.29) is 40.0 Å². The summed E-state index contributed by atoms with van der Waals surface area (Å²) in [6.07, 6.45) is 2.00. The summed E-state index contributed by atoms with van der Waals surface area (Å²) in [5.41, 5.74) is 1.64. The van der Waals surface area contributed by atoms with Gasteiger partial charge >= 0.3 is 5.97 Å². The van der Waals surface area contributed by atoms with Crippen LogP contribution in [0.3, 0.4) is 0 Å². The molecule has 0 atom stereocenters. The quantitative estimate of drug-likeness (QED) is 0.445. The molecule has 3 aromatic rings. The lowest BCUT2D eigenvalue weighted by atomic mass is 10.1. The lowest BCUT2D eigenvalue weighted by Crippen LogP contribution is -2.24. The Morgan fingerprint density at radius 1 is 1.15 bits per heavy atom. The average Bonchev–Trinajstić information content (AvgIpc) is 3.20. The van der Waals surface area contributed by atoms with Crippen molar-refractivity contribution < 1.29 is 22.7 Å². The van der Waals surface area contributed by atoms with Crippen LogP contribution in [0.1, 0.15) is 28.0 Å². The molecule has 0 aliphatic carbocycles. The van der Waals surface area contributed by atoms with E-state index in [9.17, 15) is 18.0 Å². The first-order chi connectivity index (χ1) is 15.7. The van der Waals surface area contributed by atoms with Gasteiger partial charge in [0.05, 0.1) is 29.1 Å². The summed E-state index contributed by atoms with van der Waals surface area (Å²) in [6.45, 7) is 2.37. The van der Waals surface area contributed by atoms with Gasteiger partial charge in [-0.1, -0.05) is 23.7 Å². The smallest absolute Gasteiger partial charge is 0.337 e. The Labute approximate surface area is 196 Å². The molecule has 1 heterocycles. The molecule has 2 N–H and O–H groups in total. The second-order valence-corrected chi connectivity index (χ2v) is 9.25. The molecule has 1 aromatic heterocycles. The highest BCUT2D eigenvalue weighted by atomic mass is 35.5. The number of esters is 1. The molecule has 174 valence electrons. The highest BCUT2D eigenvalue weighted by Gasteiger charge is 2.19. The number of anilines is 1. The minimum absolute atomic E-state index is 0.0639. The Morgan fingerprint density at radius 2 is 1.91 bits per heavy atom. The van der Waals surface area contributed by atoms with Crippen molar-refractivity contribution in [2.45, 2.75) is 31.3 Å². The zero-order valence-corrected chi connectivity index (χ0v) is 19.6. The molecule has 33 heavy (non-hydrogen) atoms. The molecular formula is C22H23ClN4O5S. The van der Waals surface area contributed by atoms with E-state index in [1.165, 1.54) is 37.4 Å². The molecule has 9 nitrogen and oxygen atoms in total. The minimum Gasteiger partial charge on any atom is -0.465 e. The molecule has 0 fully saturated rings. The number of carbonyl (C=O) groups is 2. The van der Waals surface area contributed by atoms with Crippen LogP contribution in [0.2, 0.25) is 5.02 Å². The second-order valence-electron chi connectivity index (χ2n) is 7.19. The Balaban J connectivity index is 1.75. The summed E-state index contributed by atoms with van der Waals surface area (Å²) in [5.74, 6) is -0.861. The summed E-state index contributed by atoms with van der Waals surface area (Å²) in [4.78, 5) is 24.2. The second kappa shape index (κ2) is 10.5. The Kier molecular flexibility index (Phi) is 7.72. The number of nitrogens with one attached hydrogen (secondary N) is 2. The number of amides is 1. The first-order valence-electron chi connectivity index (χ1n) is 9.94. The fourth-order valence-corrected chi connectivity index (χ4v) is 4.62. The third kappa shape index (κ3) is 6.56. The maximum Gasteiger partial charge on any atom is 0.337 e. The minimum atomic E-state index is -4.01. The molecule has 0 radical (unpaired) electrons. The summed E-state index contributed by atoms with van der Waals surface area (Å²) >= 11 is 6.02. The van der Waals surface area contributed by atoms with Crippen molar-refractivity contribution in [1.29, 1.82) is 0 Å². The Morgan fingerprint density at radius 3 is 2.58 bits per heavy atom. The van der Waals surface area contributed by atoms with Crippen molar-refractivity contribution in [3.05, 3.63) is 76.6 Å². The van der Waals surface area contributed by atoms with Gasteiger partial charge < -0.3 is 10.1 Å². The van der Waals surface area contributed by atoms with Gasteiger partial charge in [0.1, 0.15) is 4.90 Å². The van der Waals surface area contributed by atoms with Gasteiger partial charge in [-0.2, -0.15) is 5.10 Å². The SMILES string of the molecule is COC(=O)c1cc(CNC(=O)CCn2ccc(C)n2)cc(NS(=O)(=O)c2ccccc2Cl)c1. The lowest BCUT2D eigenvalue weighted by molar-refractivity contribution is -0.121. The normalized spacial score (nSPS) is 11.1. The van der Waals surface area contributed by atoms with Crippen LogP contribution in [0.15, 0.2) is 59.6 Å². The number of rotatable bonds is 9. The lowest BCUT2D eigenvalue weighted by Gasteiger charge is -2.13. The first-order valence-corrected chi connectivity index (χ1v) is 11.8. The van der Waals surface area contributed by atoms with Gasteiger partial charge in [-0.15, -0.1) is 0 Å². The fourth-order valence-electron chi connectivity index (χ4n) is 3.05. The van der Waals surface area contributed by atoms with Crippen LogP contribution in [-0.4, -0.2) is 37.2 Å². The standard InChI is InChI=1S/C22H23ClN4O5S/c1-15-7-9-27(25-15)10-8-21(28)24-14-16-11-17(22(29)32-2)13-18(12-16)26-33(30,31)20-6-4-3-5-19(20)23/h3-7,9,11-13,26H,8,10,14H2,1-2H3,(H,24,28). The van der Waals surface area contributed by atoms with Crippen LogP contribution < -0.4 is 10.0 Å². The monoisotopic (exact) mass is 490 g/mol. The number of nitrogens with zero attached hydrogens (tertiary/aromatic N) is 2. The zero-order chi connectivity index (χ0) is 24.0. The van der Waals surface area contributed by atoms with E-state index in [1.54, 1.807) is 23.0 Å². The van der Waals surface area contributed by atoms with E-state index in [2.05, 4.69) is 15.1 Å². The molecule has 0 aliphatic heterocycles. The molecule has 0 spiro atoms. The molecule has 0 aliphatic rings. The van der Waals surface area contributed by atoms with Gasteiger partial charge in [-0.05, 0) is 48.9 Å². The third-order valence-corrected chi connectivity index (χ3v) is 6.51. The largest absolute Gasteiger partial charge is 0.465 e. The molecule has 0 unspecified atom stereocenters. The Bertz CT molecular complexity index is 1270. The van der Waals surface area contributed by atoms with E-state index in [4.69, 9.17) is 16.3 Å². The van der Waals surface area contributed by atoms with Gasteiger partial charge in [-0.3, -0.25) is 14.2 Å². The molecule has 0 saturated carbocycles. The zero-order valence-electron chi connectivity index (χ0n) is 18.0. The number of hydrogen-bond donors (Lipinski definition) is 2. The predicted molar refractivity (Wildman–Crippen MR) is 123 cm³/mol. The maximum absolute atomic E-state index is 12.8. The summed E-state index contributed by atoms with van der Waals surface area (Å²) < 4.78 is 34.4. The summed E-state index contributed by atoms with van der Waals surface area (Å²) in [6, 6.07) is 12.3. The number of sulfonamides is 1. The predicted octanol–water partition coefficient (Wildman–Crippen LogP) is 3.14. The van der Waals surface area contributed by atoms with Crippen molar-refractivity contribution in [3.63, 3.8) is 0 Å². The molecule has 2 aromatic carbocycles. The topological polar surface area (TPSA) is 119 Å². The van der Waals surface area contributed by atoms with Crippen LogP contribution in [0.4, 0.5) is 5.69 Å². The number of halogens is 1. The number of methoxy groups -OCH3 is 1. The van der Waals surface area contributed by atoms with Crippen molar-refractivity contribution in [2.24, 2.45) is 0 Å². The Hall–Kier alpha value is -3.37. The van der Waals surface area contributed by atoms with Crippen LogP contribution in [0.25, 0.3) is 0 Å². The van der Waals surface area contributed by atoms with E-state index >= 15 is 0 Å². The number of ether oxygens (including phenoxy) is 1. The van der Waals surface area contributed by atoms with Crippen molar-refractivity contribution in [1.82, 2.24) is 15.1 Å². The van der Waals surface area contributed by atoms with E-state index in [0.29, 0.717) is 12.1 Å². The molecule has 3 rings (SSSR count). The first kappa shape index (κ1) is 24.3. The van der Waals surface area contributed by atoms with Gasteiger partial charge in [-0.25, -0.2) is 13.2 Å². The number of benzene rings is 2. The van der Waals surface area contributed by atoms with Crippen molar-refractivity contribution in [3.8, 4) is 0 Å². The van der Waals surface area contributed by atoms with Crippen LogP contribution in [0.5, 0.6) is 0 Å². The number of carbonyl (C=O) groups excluding carboxylic acids is 2. The van der Waals surface area contributed by atoms with Crippen LogP contribution >= 0.6 is 11.6 Å². The molecule has 1 amide bonds. The number of aromatic nitrogens is 2. The van der Waals surface area contributed by atoms with Gasteiger partial charge in [0.15, 0.2) is 0 Å². The van der Waals surface area contributed by atoms with E-state index < -0.39 is 16.0 Å².